The number of amidine groups is 1. The van der Waals surface area contributed by atoms with Crippen molar-refractivity contribution >= 4 is 56.7 Å². The van der Waals surface area contributed by atoms with Crippen molar-refractivity contribution in [2.75, 3.05) is 18.0 Å². The summed E-state index contributed by atoms with van der Waals surface area (Å²) in [5, 5.41) is 4.10. The molecule has 0 aromatic heterocycles. The minimum atomic E-state index is 0.0110. The number of benzene rings is 3. The molecule has 0 saturated carbocycles. The van der Waals surface area contributed by atoms with Crippen LogP contribution in [0.5, 0.6) is 0 Å². The quantitative estimate of drug-likeness (QED) is 0.405. The van der Waals surface area contributed by atoms with Gasteiger partial charge in [-0.25, -0.2) is 4.99 Å². The molecule has 1 amide bonds. The molecule has 5 rings (SSSR count). The van der Waals surface area contributed by atoms with Crippen molar-refractivity contribution in [2.24, 2.45) is 4.99 Å². The number of amides is 1. The number of fused-ring (bicyclic) bond motifs is 2. The van der Waals surface area contributed by atoms with E-state index in [1.807, 2.05) is 37.3 Å². The summed E-state index contributed by atoms with van der Waals surface area (Å²) >= 11 is 3.19. The number of likely N-dealkylation sites (N-methyl/N-ethyl adjacent to an activating group) is 1. The molecule has 2 heterocycles. The smallest absolute Gasteiger partial charge is 0.266 e. The van der Waals surface area contributed by atoms with Crippen molar-refractivity contribution in [2.45, 2.75) is 18.7 Å². The highest BCUT2D eigenvalue weighted by Gasteiger charge is 2.32. The standard InChI is InChI=1S/C26H23N3OS2/c1-3-28-21-14-7-8-15-22(21)31-24(28)17-16-23-25(30)29(4-2)26(32-23)27-20-13-9-11-18-10-5-6-12-19(18)20/h5-17H,3-4H2,1-2H3. The molecule has 0 radical (unpaired) electrons. The van der Waals surface area contributed by atoms with E-state index in [2.05, 4.69) is 60.4 Å². The van der Waals surface area contributed by atoms with Gasteiger partial charge in [-0.3, -0.25) is 9.69 Å². The Hall–Kier alpha value is -2.96. The van der Waals surface area contributed by atoms with E-state index >= 15 is 0 Å². The van der Waals surface area contributed by atoms with Crippen LogP contribution in [-0.4, -0.2) is 29.1 Å². The van der Waals surface area contributed by atoms with E-state index in [0.717, 1.165) is 33.2 Å². The number of anilines is 1. The number of allylic oxidation sites excluding steroid dienone is 2. The number of aliphatic imine (C=N–C) groups is 1. The van der Waals surface area contributed by atoms with E-state index in [1.165, 1.54) is 22.3 Å². The van der Waals surface area contributed by atoms with Gasteiger partial charge in [-0.05, 0) is 61.3 Å². The third-order valence-corrected chi connectivity index (χ3v) is 7.67. The van der Waals surface area contributed by atoms with Gasteiger partial charge >= 0.3 is 0 Å². The molecule has 2 aliphatic rings. The highest BCUT2D eigenvalue weighted by atomic mass is 32.2. The van der Waals surface area contributed by atoms with Crippen LogP contribution in [0.1, 0.15) is 13.8 Å². The SMILES string of the molecule is CCN1C(=O)C(=CC=C2Sc3ccccc3N2CC)SC1=Nc1cccc2ccccc12. The van der Waals surface area contributed by atoms with Gasteiger partial charge in [0.2, 0.25) is 0 Å². The van der Waals surface area contributed by atoms with Gasteiger partial charge in [-0.2, -0.15) is 0 Å². The Bertz CT molecular complexity index is 1290. The fraction of sp³-hybridized carbons (Fsp3) is 0.154. The fourth-order valence-electron chi connectivity index (χ4n) is 3.94. The normalized spacial score (nSPS) is 19.7. The second-order valence-electron chi connectivity index (χ2n) is 7.39. The molecule has 4 nitrogen and oxygen atoms in total. The summed E-state index contributed by atoms with van der Waals surface area (Å²) in [5.41, 5.74) is 2.11. The maximum atomic E-state index is 13.1. The van der Waals surface area contributed by atoms with Gasteiger partial charge in [-0.15, -0.1) is 0 Å². The van der Waals surface area contributed by atoms with E-state index < -0.39 is 0 Å². The van der Waals surface area contributed by atoms with Crippen molar-refractivity contribution in [3.05, 3.63) is 88.8 Å². The minimum Gasteiger partial charge on any atom is -0.335 e. The molecule has 0 atom stereocenters. The number of carbonyl (C=O) groups is 1. The van der Waals surface area contributed by atoms with Crippen LogP contribution in [0.4, 0.5) is 11.4 Å². The first kappa shape index (κ1) is 20.9. The Morgan fingerprint density at radius 1 is 0.844 bits per heavy atom. The number of thioether (sulfide) groups is 2. The monoisotopic (exact) mass is 457 g/mol. The highest BCUT2D eigenvalue weighted by molar-refractivity contribution is 8.18. The molecule has 2 aliphatic heterocycles. The van der Waals surface area contributed by atoms with Crippen LogP contribution in [0.15, 0.2) is 98.7 Å². The van der Waals surface area contributed by atoms with Crippen LogP contribution >= 0.6 is 23.5 Å². The summed E-state index contributed by atoms with van der Waals surface area (Å²) in [6.45, 7) is 5.60. The van der Waals surface area contributed by atoms with Crippen LogP contribution in [0.2, 0.25) is 0 Å². The average molecular weight is 458 g/mol. The number of carbonyl (C=O) groups excluding carboxylic acids is 1. The van der Waals surface area contributed by atoms with Crippen molar-refractivity contribution in [3.8, 4) is 0 Å². The third-order valence-electron chi connectivity index (χ3n) is 5.52. The predicted octanol–water partition coefficient (Wildman–Crippen LogP) is 6.78. The first-order valence-corrected chi connectivity index (χ1v) is 12.4. The molecule has 0 N–H and O–H groups in total. The first-order chi connectivity index (χ1) is 15.7. The van der Waals surface area contributed by atoms with Crippen molar-refractivity contribution in [3.63, 3.8) is 0 Å². The first-order valence-electron chi connectivity index (χ1n) is 10.7. The second-order valence-corrected chi connectivity index (χ2v) is 9.47. The van der Waals surface area contributed by atoms with Crippen LogP contribution < -0.4 is 4.90 Å². The van der Waals surface area contributed by atoms with E-state index in [1.54, 1.807) is 16.7 Å². The van der Waals surface area contributed by atoms with Crippen molar-refractivity contribution in [1.29, 1.82) is 0 Å². The zero-order valence-corrected chi connectivity index (χ0v) is 19.6. The van der Waals surface area contributed by atoms with Gasteiger partial charge in [0.15, 0.2) is 5.17 Å². The highest BCUT2D eigenvalue weighted by Crippen LogP contribution is 2.46. The van der Waals surface area contributed by atoms with E-state index in [0.29, 0.717) is 11.4 Å². The van der Waals surface area contributed by atoms with Gasteiger partial charge in [0, 0.05) is 23.4 Å². The summed E-state index contributed by atoms with van der Waals surface area (Å²) in [6, 6.07) is 22.7. The van der Waals surface area contributed by atoms with Crippen LogP contribution in [0.3, 0.4) is 0 Å². The van der Waals surface area contributed by atoms with Crippen LogP contribution in [0.25, 0.3) is 10.8 Å². The van der Waals surface area contributed by atoms with E-state index in [4.69, 9.17) is 4.99 Å². The van der Waals surface area contributed by atoms with Gasteiger partial charge in [0.1, 0.15) is 0 Å². The van der Waals surface area contributed by atoms with E-state index in [9.17, 15) is 4.79 Å². The Kier molecular flexibility index (Phi) is 5.81. The van der Waals surface area contributed by atoms with E-state index in [-0.39, 0.29) is 5.91 Å². The van der Waals surface area contributed by atoms with Crippen LogP contribution in [0, 0.1) is 0 Å². The minimum absolute atomic E-state index is 0.0110. The maximum absolute atomic E-state index is 13.1. The number of rotatable bonds is 4. The molecule has 1 fully saturated rings. The molecule has 6 heteroatoms. The molecule has 1 saturated heterocycles. The number of hydrogen-bond donors (Lipinski definition) is 0. The molecule has 3 aromatic carbocycles. The summed E-state index contributed by atoms with van der Waals surface area (Å²) in [4.78, 5) is 24.0. The Balaban J connectivity index is 1.47. The summed E-state index contributed by atoms with van der Waals surface area (Å²) in [5.74, 6) is 0.0110. The summed E-state index contributed by atoms with van der Waals surface area (Å²) in [6.07, 6.45) is 4.00. The molecular formula is C26H23N3OS2. The average Bonchev–Trinajstić information content (AvgIpc) is 3.33. The second kappa shape index (κ2) is 8.88. The zero-order valence-electron chi connectivity index (χ0n) is 18.0. The molecular weight excluding hydrogens is 434 g/mol. The molecule has 32 heavy (non-hydrogen) atoms. The van der Waals surface area contributed by atoms with Crippen molar-refractivity contribution < 1.29 is 4.79 Å². The summed E-state index contributed by atoms with van der Waals surface area (Å²) < 4.78 is 0. The number of nitrogens with zero attached hydrogens (tertiary/aromatic N) is 3. The molecule has 3 aromatic rings. The third kappa shape index (κ3) is 3.74. The summed E-state index contributed by atoms with van der Waals surface area (Å²) in [7, 11) is 0. The molecule has 0 spiro atoms. The topological polar surface area (TPSA) is 35.9 Å². The number of para-hydroxylation sites is 1. The molecule has 0 aliphatic carbocycles. The lowest BCUT2D eigenvalue weighted by Gasteiger charge is -2.17. The maximum Gasteiger partial charge on any atom is 0.266 e. The lowest BCUT2D eigenvalue weighted by molar-refractivity contribution is -0.122. The predicted molar refractivity (Wildman–Crippen MR) is 138 cm³/mol. The van der Waals surface area contributed by atoms with Gasteiger partial charge in [0.05, 0.1) is 21.3 Å². The fourth-order valence-corrected chi connectivity index (χ4v) is 6.07. The zero-order chi connectivity index (χ0) is 22.1. The van der Waals surface area contributed by atoms with Gasteiger partial charge in [-0.1, -0.05) is 60.3 Å². The molecule has 0 unspecified atom stereocenters. The Morgan fingerprint density at radius 2 is 1.59 bits per heavy atom. The largest absolute Gasteiger partial charge is 0.335 e. The lowest BCUT2D eigenvalue weighted by Crippen LogP contribution is -2.28. The van der Waals surface area contributed by atoms with Crippen LogP contribution in [-0.2, 0) is 4.79 Å². The van der Waals surface area contributed by atoms with Crippen molar-refractivity contribution in [1.82, 2.24) is 4.90 Å². The Morgan fingerprint density at radius 3 is 2.44 bits per heavy atom. The lowest BCUT2D eigenvalue weighted by atomic mass is 10.1. The Labute approximate surface area is 196 Å². The molecule has 160 valence electrons. The molecule has 0 bridgehead atoms. The number of hydrogen-bond acceptors (Lipinski definition) is 5. The van der Waals surface area contributed by atoms with Gasteiger partial charge < -0.3 is 4.90 Å². The van der Waals surface area contributed by atoms with Gasteiger partial charge in [0.25, 0.3) is 5.91 Å².